The Morgan fingerprint density at radius 1 is 1.44 bits per heavy atom. The van der Waals surface area contributed by atoms with E-state index in [2.05, 4.69) is 40.2 Å². The number of aromatic nitrogens is 2. The normalized spacial score (nSPS) is 11.1. The molecule has 1 N–H and O–H groups in total. The standard InChI is InChI=1S/C13H18BrN3O/c1-4-15-7-11-5-6-18-12(11)8-17-10(3)13(14)9(2)16-17/h5-6,15H,4,7-8H2,1-3H3. The minimum atomic E-state index is 0.673. The first-order chi connectivity index (χ1) is 8.63. The van der Waals surface area contributed by atoms with Gasteiger partial charge in [-0.15, -0.1) is 0 Å². The van der Waals surface area contributed by atoms with Gasteiger partial charge in [-0.3, -0.25) is 4.68 Å². The van der Waals surface area contributed by atoms with Crippen LogP contribution in [-0.4, -0.2) is 16.3 Å². The fourth-order valence-corrected chi connectivity index (χ4v) is 2.17. The Hall–Kier alpha value is -1.07. The SMILES string of the molecule is CCNCc1ccoc1Cn1nc(C)c(Br)c1C. The van der Waals surface area contributed by atoms with Gasteiger partial charge in [-0.2, -0.15) is 5.10 Å². The van der Waals surface area contributed by atoms with Crippen LogP contribution in [0.15, 0.2) is 21.2 Å². The minimum absolute atomic E-state index is 0.673. The van der Waals surface area contributed by atoms with Gasteiger partial charge in [0.2, 0.25) is 0 Å². The predicted molar refractivity (Wildman–Crippen MR) is 74.6 cm³/mol. The summed E-state index contributed by atoms with van der Waals surface area (Å²) in [6.07, 6.45) is 1.74. The number of nitrogens with zero attached hydrogens (tertiary/aromatic N) is 2. The van der Waals surface area contributed by atoms with Crippen molar-refractivity contribution in [3.8, 4) is 0 Å². The molecule has 0 saturated carbocycles. The molecule has 5 heteroatoms. The summed E-state index contributed by atoms with van der Waals surface area (Å²) in [5, 5.41) is 7.80. The van der Waals surface area contributed by atoms with Gasteiger partial charge < -0.3 is 9.73 Å². The molecule has 0 fully saturated rings. The highest BCUT2D eigenvalue weighted by Gasteiger charge is 2.12. The first kappa shape index (κ1) is 13.4. The molecule has 0 amide bonds. The molecule has 0 saturated heterocycles. The first-order valence-electron chi connectivity index (χ1n) is 6.09. The smallest absolute Gasteiger partial charge is 0.129 e. The van der Waals surface area contributed by atoms with Crippen molar-refractivity contribution in [2.75, 3.05) is 6.54 Å². The number of nitrogens with one attached hydrogen (secondary N) is 1. The molecular formula is C13H18BrN3O. The van der Waals surface area contributed by atoms with Gasteiger partial charge in [0.25, 0.3) is 0 Å². The number of hydrogen-bond donors (Lipinski definition) is 1. The molecule has 0 aromatic carbocycles. The summed E-state index contributed by atoms with van der Waals surface area (Å²) < 4.78 is 8.59. The van der Waals surface area contributed by atoms with Crippen LogP contribution in [0.5, 0.6) is 0 Å². The van der Waals surface area contributed by atoms with Crippen molar-refractivity contribution in [1.29, 1.82) is 0 Å². The first-order valence-corrected chi connectivity index (χ1v) is 6.88. The van der Waals surface area contributed by atoms with E-state index in [9.17, 15) is 0 Å². The second-order valence-corrected chi connectivity index (χ2v) is 5.08. The van der Waals surface area contributed by atoms with E-state index in [1.807, 2.05) is 17.7 Å². The van der Waals surface area contributed by atoms with E-state index in [0.717, 1.165) is 34.7 Å². The lowest BCUT2D eigenvalue weighted by Gasteiger charge is -2.05. The number of halogens is 1. The highest BCUT2D eigenvalue weighted by atomic mass is 79.9. The zero-order valence-corrected chi connectivity index (χ0v) is 12.5. The second-order valence-electron chi connectivity index (χ2n) is 4.29. The number of rotatable bonds is 5. The van der Waals surface area contributed by atoms with Crippen LogP contribution in [0.2, 0.25) is 0 Å². The number of aryl methyl sites for hydroxylation is 1. The second kappa shape index (κ2) is 5.71. The molecule has 98 valence electrons. The molecule has 18 heavy (non-hydrogen) atoms. The van der Waals surface area contributed by atoms with E-state index in [-0.39, 0.29) is 0 Å². The van der Waals surface area contributed by atoms with E-state index >= 15 is 0 Å². The Morgan fingerprint density at radius 3 is 2.83 bits per heavy atom. The number of furan rings is 1. The zero-order valence-electron chi connectivity index (χ0n) is 11.0. The van der Waals surface area contributed by atoms with Crippen molar-refractivity contribution in [3.05, 3.63) is 39.5 Å². The van der Waals surface area contributed by atoms with Crippen molar-refractivity contribution in [2.45, 2.75) is 33.9 Å². The van der Waals surface area contributed by atoms with E-state index in [4.69, 9.17) is 4.42 Å². The average molecular weight is 312 g/mol. The topological polar surface area (TPSA) is 43.0 Å². The van der Waals surface area contributed by atoms with Crippen LogP contribution < -0.4 is 5.32 Å². The van der Waals surface area contributed by atoms with Crippen LogP contribution in [-0.2, 0) is 13.1 Å². The maximum absolute atomic E-state index is 5.55. The van der Waals surface area contributed by atoms with Gasteiger partial charge in [0, 0.05) is 12.1 Å². The molecule has 0 radical (unpaired) electrons. The van der Waals surface area contributed by atoms with Crippen LogP contribution >= 0.6 is 15.9 Å². The number of hydrogen-bond acceptors (Lipinski definition) is 3. The maximum Gasteiger partial charge on any atom is 0.129 e. The Labute approximate surface area is 115 Å². The van der Waals surface area contributed by atoms with Gasteiger partial charge in [0.05, 0.1) is 28.7 Å². The van der Waals surface area contributed by atoms with Gasteiger partial charge in [0.15, 0.2) is 0 Å². The van der Waals surface area contributed by atoms with Crippen LogP contribution in [0, 0.1) is 13.8 Å². The summed E-state index contributed by atoms with van der Waals surface area (Å²) in [6, 6.07) is 2.01. The molecule has 0 atom stereocenters. The Bertz CT molecular complexity index is 530. The molecule has 2 aromatic heterocycles. The van der Waals surface area contributed by atoms with Gasteiger partial charge in [-0.05, 0) is 42.4 Å². The maximum atomic E-state index is 5.55. The fraction of sp³-hybridized carbons (Fsp3) is 0.462. The van der Waals surface area contributed by atoms with Gasteiger partial charge in [-0.25, -0.2) is 0 Å². The van der Waals surface area contributed by atoms with Gasteiger partial charge in [-0.1, -0.05) is 6.92 Å². The third-order valence-corrected chi connectivity index (χ3v) is 4.14. The minimum Gasteiger partial charge on any atom is -0.467 e. The van der Waals surface area contributed by atoms with E-state index in [1.165, 1.54) is 5.56 Å². The Kier molecular flexibility index (Phi) is 4.24. The Morgan fingerprint density at radius 2 is 2.22 bits per heavy atom. The van der Waals surface area contributed by atoms with Crippen molar-refractivity contribution < 1.29 is 4.42 Å². The zero-order chi connectivity index (χ0) is 13.1. The van der Waals surface area contributed by atoms with Crippen LogP contribution in [0.3, 0.4) is 0 Å². The monoisotopic (exact) mass is 311 g/mol. The average Bonchev–Trinajstić information content (AvgIpc) is 2.89. The summed E-state index contributed by atoms with van der Waals surface area (Å²) in [6.45, 7) is 8.61. The van der Waals surface area contributed by atoms with Crippen molar-refractivity contribution in [1.82, 2.24) is 15.1 Å². The third kappa shape index (κ3) is 2.67. The lowest BCUT2D eigenvalue weighted by molar-refractivity contribution is 0.468. The summed E-state index contributed by atoms with van der Waals surface area (Å²) in [4.78, 5) is 0. The largest absolute Gasteiger partial charge is 0.467 e. The summed E-state index contributed by atoms with van der Waals surface area (Å²) in [5.41, 5.74) is 3.33. The highest BCUT2D eigenvalue weighted by Crippen LogP contribution is 2.21. The molecule has 0 aliphatic rings. The molecule has 0 unspecified atom stereocenters. The molecule has 0 aliphatic heterocycles. The van der Waals surface area contributed by atoms with Crippen molar-refractivity contribution in [3.63, 3.8) is 0 Å². The molecule has 0 spiro atoms. The van der Waals surface area contributed by atoms with E-state index in [0.29, 0.717) is 6.54 Å². The Balaban J connectivity index is 2.18. The molecule has 0 bridgehead atoms. The fourth-order valence-electron chi connectivity index (χ4n) is 1.89. The van der Waals surface area contributed by atoms with Crippen LogP contribution in [0.4, 0.5) is 0 Å². The predicted octanol–water partition coefficient (Wildman–Crippen LogP) is 3.01. The van der Waals surface area contributed by atoms with Crippen molar-refractivity contribution >= 4 is 15.9 Å². The van der Waals surface area contributed by atoms with E-state index < -0.39 is 0 Å². The van der Waals surface area contributed by atoms with Gasteiger partial charge in [0.1, 0.15) is 5.76 Å². The van der Waals surface area contributed by atoms with Crippen LogP contribution in [0.1, 0.15) is 29.6 Å². The lowest BCUT2D eigenvalue weighted by Crippen LogP contribution is -2.13. The molecule has 2 heterocycles. The molecule has 4 nitrogen and oxygen atoms in total. The van der Waals surface area contributed by atoms with Gasteiger partial charge >= 0.3 is 0 Å². The highest BCUT2D eigenvalue weighted by molar-refractivity contribution is 9.10. The third-order valence-electron chi connectivity index (χ3n) is 2.99. The molecular weight excluding hydrogens is 294 g/mol. The molecule has 2 rings (SSSR count). The van der Waals surface area contributed by atoms with Crippen LogP contribution in [0.25, 0.3) is 0 Å². The van der Waals surface area contributed by atoms with E-state index in [1.54, 1.807) is 6.26 Å². The summed E-state index contributed by atoms with van der Waals surface area (Å²) in [7, 11) is 0. The van der Waals surface area contributed by atoms with Crippen molar-refractivity contribution in [2.24, 2.45) is 0 Å². The molecule has 0 aliphatic carbocycles. The lowest BCUT2D eigenvalue weighted by atomic mass is 10.2. The summed E-state index contributed by atoms with van der Waals surface area (Å²) in [5.74, 6) is 0.967. The summed E-state index contributed by atoms with van der Waals surface area (Å²) >= 11 is 3.54. The molecule has 2 aromatic rings. The quantitative estimate of drug-likeness (QED) is 0.923.